The van der Waals surface area contributed by atoms with Crippen molar-refractivity contribution in [2.75, 3.05) is 0 Å². The molecule has 16 heavy (non-hydrogen) atoms. The fourth-order valence-corrected chi connectivity index (χ4v) is 2.33. The zero-order valence-electron chi connectivity index (χ0n) is 9.20. The number of aryl methyl sites for hydroxylation is 1. The van der Waals surface area contributed by atoms with Crippen LogP contribution in [-0.2, 0) is 12.0 Å². The van der Waals surface area contributed by atoms with E-state index >= 15 is 0 Å². The molecule has 1 aliphatic rings. The van der Waals surface area contributed by atoms with Gasteiger partial charge < -0.3 is 10.1 Å². The van der Waals surface area contributed by atoms with Crippen LogP contribution in [0.5, 0.6) is 0 Å². The van der Waals surface area contributed by atoms with Gasteiger partial charge in [-0.1, -0.05) is 24.6 Å². The summed E-state index contributed by atoms with van der Waals surface area (Å²) < 4.78 is 2.06. The Kier molecular flexibility index (Phi) is 2.03. The lowest BCUT2D eigenvalue weighted by atomic mass is 10.1. The smallest absolute Gasteiger partial charge is 0.155 e. The largest absolute Gasteiger partial charge is 0.321 e. The molecule has 1 saturated carbocycles. The van der Waals surface area contributed by atoms with Crippen LogP contribution in [0.2, 0.25) is 5.15 Å². The zero-order chi connectivity index (χ0) is 11.3. The molecular weight excluding hydrogens is 222 g/mol. The van der Waals surface area contributed by atoms with Gasteiger partial charge in [0.1, 0.15) is 5.82 Å². The number of aromatic nitrogens is 2. The first-order chi connectivity index (χ1) is 7.64. The molecule has 2 aromatic rings. The fourth-order valence-electron chi connectivity index (χ4n) is 2.07. The van der Waals surface area contributed by atoms with Gasteiger partial charge >= 0.3 is 0 Å². The number of pyridine rings is 1. The van der Waals surface area contributed by atoms with Gasteiger partial charge in [0.25, 0.3) is 0 Å². The first-order valence-corrected chi connectivity index (χ1v) is 5.98. The molecule has 84 valence electrons. The van der Waals surface area contributed by atoms with Gasteiger partial charge in [0, 0.05) is 18.2 Å². The van der Waals surface area contributed by atoms with Crippen LogP contribution in [0.15, 0.2) is 18.3 Å². The van der Waals surface area contributed by atoms with Crippen molar-refractivity contribution < 1.29 is 0 Å². The van der Waals surface area contributed by atoms with Crippen LogP contribution in [0.4, 0.5) is 0 Å². The molecule has 0 unspecified atom stereocenters. The molecule has 0 bridgehead atoms. The highest BCUT2D eigenvalue weighted by atomic mass is 35.5. The summed E-state index contributed by atoms with van der Waals surface area (Å²) in [6.07, 6.45) is 5.10. The van der Waals surface area contributed by atoms with Gasteiger partial charge in [-0.3, -0.25) is 0 Å². The molecule has 0 aliphatic heterocycles. The van der Waals surface area contributed by atoms with Crippen LogP contribution >= 0.6 is 11.6 Å². The lowest BCUT2D eigenvalue weighted by molar-refractivity contribution is 0.730. The molecular formula is C12H14ClN3. The van der Waals surface area contributed by atoms with E-state index in [2.05, 4.69) is 28.6 Å². The Morgan fingerprint density at radius 3 is 2.88 bits per heavy atom. The van der Waals surface area contributed by atoms with Crippen molar-refractivity contribution in [3.05, 3.63) is 34.9 Å². The van der Waals surface area contributed by atoms with Crippen LogP contribution in [0.25, 0.3) is 5.52 Å². The molecule has 0 saturated heterocycles. The van der Waals surface area contributed by atoms with Crippen molar-refractivity contribution in [1.29, 1.82) is 0 Å². The Bertz CT molecular complexity index is 555. The summed E-state index contributed by atoms with van der Waals surface area (Å²) in [5.41, 5.74) is 8.24. The van der Waals surface area contributed by atoms with Gasteiger partial charge in [-0.25, -0.2) is 4.98 Å². The molecule has 0 spiro atoms. The number of nitrogens with two attached hydrogens (primary N) is 1. The molecule has 2 heterocycles. The Balaban J connectivity index is 2.23. The van der Waals surface area contributed by atoms with E-state index in [4.69, 9.17) is 17.3 Å². The van der Waals surface area contributed by atoms with E-state index < -0.39 is 0 Å². The van der Waals surface area contributed by atoms with Crippen molar-refractivity contribution in [3.8, 4) is 0 Å². The van der Waals surface area contributed by atoms with Gasteiger partial charge in [-0.15, -0.1) is 0 Å². The summed E-state index contributed by atoms with van der Waals surface area (Å²) in [7, 11) is 0. The van der Waals surface area contributed by atoms with Crippen LogP contribution < -0.4 is 5.73 Å². The third-order valence-corrected chi connectivity index (χ3v) is 3.62. The maximum Gasteiger partial charge on any atom is 0.155 e. The molecule has 3 nitrogen and oxygen atoms in total. The van der Waals surface area contributed by atoms with Crippen LogP contribution in [0.3, 0.4) is 0 Å². The minimum atomic E-state index is -0.101. The average Bonchev–Trinajstić information content (AvgIpc) is 2.96. The number of hydrogen-bond acceptors (Lipinski definition) is 2. The number of imidazole rings is 1. The third-order valence-electron chi connectivity index (χ3n) is 3.34. The molecule has 2 N–H and O–H groups in total. The molecule has 0 atom stereocenters. The highest BCUT2D eigenvalue weighted by molar-refractivity contribution is 6.32. The second-order valence-corrected chi connectivity index (χ2v) is 4.86. The Morgan fingerprint density at radius 2 is 2.25 bits per heavy atom. The van der Waals surface area contributed by atoms with Gasteiger partial charge in [0.05, 0.1) is 5.52 Å². The van der Waals surface area contributed by atoms with Gasteiger partial charge in [-0.05, 0) is 24.5 Å². The number of rotatable bonds is 2. The number of halogens is 1. The molecule has 0 radical (unpaired) electrons. The van der Waals surface area contributed by atoms with Crippen molar-refractivity contribution in [1.82, 2.24) is 9.38 Å². The maximum absolute atomic E-state index is 6.19. The van der Waals surface area contributed by atoms with E-state index in [-0.39, 0.29) is 5.54 Å². The third kappa shape index (κ3) is 1.35. The molecule has 0 amide bonds. The average molecular weight is 236 g/mol. The first kappa shape index (κ1) is 10.1. The van der Waals surface area contributed by atoms with Gasteiger partial charge in [0.2, 0.25) is 0 Å². The number of nitrogens with zero attached hydrogens (tertiary/aromatic N) is 2. The monoisotopic (exact) mass is 235 g/mol. The van der Waals surface area contributed by atoms with Crippen LogP contribution in [0.1, 0.15) is 31.2 Å². The van der Waals surface area contributed by atoms with Crippen molar-refractivity contribution in [2.45, 2.75) is 31.7 Å². The SMILES string of the molecule is CCc1nc(Cl)c2ccc(C3(N)CC3)cn12. The minimum absolute atomic E-state index is 0.101. The van der Waals surface area contributed by atoms with E-state index in [0.717, 1.165) is 30.6 Å². The summed E-state index contributed by atoms with van der Waals surface area (Å²) in [4.78, 5) is 4.34. The number of hydrogen-bond donors (Lipinski definition) is 1. The van der Waals surface area contributed by atoms with Crippen LogP contribution in [0, 0.1) is 0 Å². The maximum atomic E-state index is 6.19. The fraction of sp³-hybridized carbons (Fsp3) is 0.417. The molecule has 1 fully saturated rings. The molecule has 0 aromatic carbocycles. The van der Waals surface area contributed by atoms with Crippen LogP contribution in [-0.4, -0.2) is 9.38 Å². The predicted octanol–water partition coefficient (Wildman–Crippen LogP) is 2.50. The molecule has 3 rings (SSSR count). The summed E-state index contributed by atoms with van der Waals surface area (Å²) >= 11 is 6.08. The second kappa shape index (κ2) is 3.22. The van der Waals surface area contributed by atoms with Gasteiger partial charge in [0.15, 0.2) is 5.15 Å². The summed E-state index contributed by atoms with van der Waals surface area (Å²) in [5, 5.41) is 0.574. The summed E-state index contributed by atoms with van der Waals surface area (Å²) in [5.74, 6) is 0.992. The lowest BCUT2D eigenvalue weighted by Crippen LogP contribution is -2.19. The topological polar surface area (TPSA) is 43.3 Å². The Labute approximate surface area is 99.2 Å². The van der Waals surface area contributed by atoms with E-state index in [1.54, 1.807) is 0 Å². The van der Waals surface area contributed by atoms with Gasteiger partial charge in [-0.2, -0.15) is 0 Å². The van der Waals surface area contributed by atoms with E-state index in [1.807, 2.05) is 6.07 Å². The molecule has 2 aromatic heterocycles. The Hall–Kier alpha value is -1.06. The normalized spacial score (nSPS) is 17.9. The van der Waals surface area contributed by atoms with E-state index in [9.17, 15) is 0 Å². The predicted molar refractivity (Wildman–Crippen MR) is 64.7 cm³/mol. The summed E-state index contributed by atoms with van der Waals surface area (Å²) in [6, 6.07) is 4.08. The lowest BCUT2D eigenvalue weighted by Gasteiger charge is -2.10. The second-order valence-electron chi connectivity index (χ2n) is 4.50. The Morgan fingerprint density at radius 1 is 1.50 bits per heavy atom. The molecule has 1 aliphatic carbocycles. The number of fused-ring (bicyclic) bond motifs is 1. The zero-order valence-corrected chi connectivity index (χ0v) is 9.96. The van der Waals surface area contributed by atoms with E-state index in [0.29, 0.717) is 5.15 Å². The minimum Gasteiger partial charge on any atom is -0.321 e. The van der Waals surface area contributed by atoms with Crippen molar-refractivity contribution in [3.63, 3.8) is 0 Å². The highest BCUT2D eigenvalue weighted by Gasteiger charge is 2.40. The standard InChI is InChI=1S/C12H14ClN3/c1-2-10-15-11(13)9-4-3-8(7-16(9)10)12(14)5-6-12/h3-4,7H,2,5-6,14H2,1H3. The first-order valence-electron chi connectivity index (χ1n) is 5.60. The molecule has 4 heteroatoms. The van der Waals surface area contributed by atoms with Crippen molar-refractivity contribution in [2.24, 2.45) is 5.73 Å². The highest BCUT2D eigenvalue weighted by Crippen LogP contribution is 2.42. The van der Waals surface area contributed by atoms with E-state index in [1.165, 1.54) is 5.56 Å². The summed E-state index contributed by atoms with van der Waals surface area (Å²) in [6.45, 7) is 2.08. The van der Waals surface area contributed by atoms with Crippen molar-refractivity contribution >= 4 is 17.1 Å². The quantitative estimate of drug-likeness (QED) is 0.869.